The van der Waals surface area contributed by atoms with Crippen LogP contribution in [0.1, 0.15) is 18.6 Å². The third kappa shape index (κ3) is 2.20. The summed E-state index contributed by atoms with van der Waals surface area (Å²) in [5.74, 6) is 0. The molecule has 0 fully saturated rings. The van der Waals surface area contributed by atoms with E-state index in [2.05, 4.69) is 9.39 Å². The second-order valence-corrected chi connectivity index (χ2v) is 3.65. The van der Waals surface area contributed by atoms with E-state index in [0.29, 0.717) is 0 Å². The SMILES string of the molecule is CC(O)c1ccc(N(C)P)cc1. The van der Waals surface area contributed by atoms with Crippen molar-refractivity contribution in [2.24, 2.45) is 0 Å². The van der Waals surface area contributed by atoms with Gasteiger partial charge in [0.05, 0.1) is 6.10 Å². The number of anilines is 1. The first-order chi connectivity index (χ1) is 5.61. The van der Waals surface area contributed by atoms with Gasteiger partial charge in [-0.15, -0.1) is 0 Å². The number of aliphatic hydroxyl groups is 1. The lowest BCUT2D eigenvalue weighted by Crippen LogP contribution is -1.99. The minimum absolute atomic E-state index is 0.381. The molecule has 1 rings (SSSR count). The fourth-order valence-electron chi connectivity index (χ4n) is 0.988. The molecule has 1 aromatic carbocycles. The lowest BCUT2D eigenvalue weighted by Gasteiger charge is -2.12. The molecule has 0 aliphatic heterocycles. The van der Waals surface area contributed by atoms with E-state index in [1.807, 2.05) is 36.0 Å². The standard InChI is InChI=1S/C9H14NOP/c1-7(11)8-3-5-9(6-4-8)10(2)12/h3-7,11H,12H2,1-2H3. The Balaban J connectivity index is 2.86. The first kappa shape index (κ1) is 9.50. The first-order valence-corrected chi connectivity index (χ1v) is 4.39. The van der Waals surface area contributed by atoms with Crippen LogP contribution in [-0.4, -0.2) is 12.2 Å². The Morgan fingerprint density at radius 1 is 1.33 bits per heavy atom. The molecule has 12 heavy (non-hydrogen) atoms. The van der Waals surface area contributed by atoms with Crippen LogP contribution in [0, 0.1) is 0 Å². The average molecular weight is 183 g/mol. The molecule has 2 nitrogen and oxygen atoms in total. The number of hydrogen-bond donors (Lipinski definition) is 1. The zero-order valence-electron chi connectivity index (χ0n) is 7.36. The van der Waals surface area contributed by atoms with Crippen molar-refractivity contribution in [3.63, 3.8) is 0 Å². The predicted octanol–water partition coefficient (Wildman–Crippen LogP) is 1.97. The maximum absolute atomic E-state index is 9.23. The number of rotatable bonds is 2. The van der Waals surface area contributed by atoms with Crippen molar-refractivity contribution in [1.82, 2.24) is 0 Å². The van der Waals surface area contributed by atoms with Crippen molar-refractivity contribution in [3.8, 4) is 0 Å². The molecule has 0 spiro atoms. The Labute approximate surface area is 75.5 Å². The maximum Gasteiger partial charge on any atom is 0.0761 e. The van der Waals surface area contributed by atoms with Crippen LogP contribution in [0.4, 0.5) is 5.69 Å². The molecule has 2 unspecified atom stereocenters. The summed E-state index contributed by atoms with van der Waals surface area (Å²) in [7, 11) is 4.54. The molecule has 1 aromatic rings. The number of hydrogen-bond acceptors (Lipinski definition) is 2. The van der Waals surface area contributed by atoms with Crippen molar-refractivity contribution in [3.05, 3.63) is 29.8 Å². The van der Waals surface area contributed by atoms with E-state index in [0.717, 1.165) is 11.3 Å². The van der Waals surface area contributed by atoms with E-state index in [9.17, 15) is 5.11 Å². The molecule has 0 saturated carbocycles. The molecule has 2 atom stereocenters. The van der Waals surface area contributed by atoms with Crippen LogP contribution in [-0.2, 0) is 0 Å². The lowest BCUT2D eigenvalue weighted by molar-refractivity contribution is 0.199. The molecule has 66 valence electrons. The van der Waals surface area contributed by atoms with E-state index in [-0.39, 0.29) is 6.10 Å². The molecule has 0 amide bonds. The van der Waals surface area contributed by atoms with Gasteiger partial charge in [0.25, 0.3) is 0 Å². The van der Waals surface area contributed by atoms with Crippen LogP contribution in [0.15, 0.2) is 24.3 Å². The van der Waals surface area contributed by atoms with Crippen molar-refractivity contribution < 1.29 is 5.11 Å². The Morgan fingerprint density at radius 3 is 2.17 bits per heavy atom. The van der Waals surface area contributed by atoms with E-state index < -0.39 is 0 Å². The Morgan fingerprint density at radius 2 is 1.83 bits per heavy atom. The fraction of sp³-hybridized carbons (Fsp3) is 0.333. The van der Waals surface area contributed by atoms with Crippen molar-refractivity contribution in [1.29, 1.82) is 0 Å². The smallest absolute Gasteiger partial charge is 0.0761 e. The zero-order valence-corrected chi connectivity index (χ0v) is 8.51. The molecule has 0 aliphatic carbocycles. The first-order valence-electron chi connectivity index (χ1n) is 3.87. The van der Waals surface area contributed by atoms with E-state index in [1.54, 1.807) is 6.92 Å². The minimum Gasteiger partial charge on any atom is -0.389 e. The van der Waals surface area contributed by atoms with Crippen molar-refractivity contribution in [2.45, 2.75) is 13.0 Å². The molecule has 0 aliphatic rings. The topological polar surface area (TPSA) is 23.5 Å². The summed E-state index contributed by atoms with van der Waals surface area (Å²) < 4.78 is 1.95. The highest BCUT2D eigenvalue weighted by atomic mass is 31.0. The number of benzene rings is 1. The molecular formula is C9H14NOP. The summed E-state index contributed by atoms with van der Waals surface area (Å²) in [6.07, 6.45) is -0.381. The Hall–Kier alpha value is -0.590. The Bertz CT molecular complexity index is 216. The zero-order chi connectivity index (χ0) is 9.14. The second-order valence-electron chi connectivity index (χ2n) is 2.88. The molecule has 0 bridgehead atoms. The van der Waals surface area contributed by atoms with Crippen LogP contribution in [0.5, 0.6) is 0 Å². The third-order valence-corrected chi connectivity index (χ3v) is 2.08. The van der Waals surface area contributed by atoms with Gasteiger partial charge < -0.3 is 9.78 Å². The molecule has 1 N–H and O–H groups in total. The summed E-state index contributed by atoms with van der Waals surface area (Å²) in [5, 5.41) is 9.23. The van der Waals surface area contributed by atoms with Gasteiger partial charge in [-0.2, -0.15) is 0 Å². The lowest BCUT2D eigenvalue weighted by atomic mass is 10.1. The van der Waals surface area contributed by atoms with Gasteiger partial charge in [0.1, 0.15) is 0 Å². The molecule has 0 radical (unpaired) electrons. The van der Waals surface area contributed by atoms with Crippen molar-refractivity contribution in [2.75, 3.05) is 11.7 Å². The van der Waals surface area contributed by atoms with E-state index in [4.69, 9.17) is 0 Å². The van der Waals surface area contributed by atoms with Crippen LogP contribution < -0.4 is 4.67 Å². The fourth-order valence-corrected chi connectivity index (χ4v) is 1.16. The number of nitrogens with zero attached hydrogens (tertiary/aromatic N) is 1. The molecule has 0 saturated heterocycles. The highest BCUT2D eigenvalue weighted by Crippen LogP contribution is 2.19. The van der Waals surface area contributed by atoms with Crippen LogP contribution in [0.3, 0.4) is 0 Å². The van der Waals surface area contributed by atoms with Gasteiger partial charge in [-0.25, -0.2) is 0 Å². The van der Waals surface area contributed by atoms with Crippen molar-refractivity contribution >= 4 is 15.1 Å². The number of aliphatic hydroxyl groups excluding tert-OH is 1. The predicted molar refractivity (Wildman–Crippen MR) is 55.2 cm³/mol. The summed E-state index contributed by atoms with van der Waals surface area (Å²) in [6, 6.07) is 7.82. The summed E-state index contributed by atoms with van der Waals surface area (Å²) in [6.45, 7) is 1.76. The molecule has 0 aromatic heterocycles. The molecular weight excluding hydrogens is 169 g/mol. The van der Waals surface area contributed by atoms with Crippen LogP contribution in [0.2, 0.25) is 0 Å². The highest BCUT2D eigenvalue weighted by Gasteiger charge is 2.00. The quantitative estimate of drug-likeness (QED) is 0.708. The van der Waals surface area contributed by atoms with Gasteiger partial charge in [-0.05, 0) is 34.0 Å². The van der Waals surface area contributed by atoms with Gasteiger partial charge in [-0.1, -0.05) is 12.1 Å². The van der Waals surface area contributed by atoms with Gasteiger partial charge in [0.2, 0.25) is 0 Å². The second kappa shape index (κ2) is 3.88. The van der Waals surface area contributed by atoms with Crippen LogP contribution >= 0.6 is 9.39 Å². The van der Waals surface area contributed by atoms with Gasteiger partial charge >= 0.3 is 0 Å². The maximum atomic E-state index is 9.23. The van der Waals surface area contributed by atoms with Crippen LogP contribution in [0.25, 0.3) is 0 Å². The average Bonchev–Trinajstić information content (AvgIpc) is 2.04. The largest absolute Gasteiger partial charge is 0.389 e. The summed E-state index contributed by atoms with van der Waals surface area (Å²) in [5.41, 5.74) is 2.06. The summed E-state index contributed by atoms with van der Waals surface area (Å²) in [4.78, 5) is 0. The normalized spacial score (nSPS) is 12.7. The van der Waals surface area contributed by atoms with Gasteiger partial charge in [0, 0.05) is 12.7 Å². The van der Waals surface area contributed by atoms with Gasteiger partial charge in [-0.3, -0.25) is 0 Å². The molecule has 3 heteroatoms. The van der Waals surface area contributed by atoms with Gasteiger partial charge in [0.15, 0.2) is 0 Å². The monoisotopic (exact) mass is 183 g/mol. The van der Waals surface area contributed by atoms with E-state index >= 15 is 0 Å². The summed E-state index contributed by atoms with van der Waals surface area (Å²) >= 11 is 0. The highest BCUT2D eigenvalue weighted by molar-refractivity contribution is 7.19. The minimum atomic E-state index is -0.381. The molecule has 0 heterocycles. The Kier molecular flexibility index (Phi) is 3.07. The third-order valence-electron chi connectivity index (χ3n) is 1.78. The van der Waals surface area contributed by atoms with E-state index in [1.165, 1.54) is 0 Å².